The lowest BCUT2D eigenvalue weighted by molar-refractivity contribution is -0.159. The van der Waals surface area contributed by atoms with Crippen LogP contribution < -0.4 is 0 Å². The number of carbonyl (C=O) groups excluding carboxylic acids is 1. The highest BCUT2D eigenvalue weighted by Gasteiger charge is 2.36. The van der Waals surface area contributed by atoms with Crippen molar-refractivity contribution in [2.75, 3.05) is 0 Å². The van der Waals surface area contributed by atoms with Crippen molar-refractivity contribution in [3.05, 3.63) is 4.91 Å². The van der Waals surface area contributed by atoms with Crippen LogP contribution in [0.4, 0.5) is 0 Å². The van der Waals surface area contributed by atoms with Crippen LogP contribution in [-0.4, -0.2) is 11.7 Å². The van der Waals surface area contributed by atoms with E-state index in [0.29, 0.717) is 12.8 Å². The molecule has 4 heteroatoms. The van der Waals surface area contributed by atoms with Crippen LogP contribution in [0.3, 0.4) is 0 Å². The molecule has 4 nitrogen and oxygen atoms in total. The molecule has 1 saturated carbocycles. The molecule has 0 aromatic rings. The highest BCUT2D eigenvalue weighted by atomic mass is 16.6. The maximum atomic E-state index is 10.7. The lowest BCUT2D eigenvalue weighted by Crippen LogP contribution is -2.34. The van der Waals surface area contributed by atoms with E-state index in [-0.39, 0.29) is 0 Å². The van der Waals surface area contributed by atoms with Crippen LogP contribution in [0.25, 0.3) is 0 Å². The van der Waals surface area contributed by atoms with Crippen LogP contribution in [0.2, 0.25) is 0 Å². The molecule has 1 aliphatic carbocycles. The smallest absolute Gasteiger partial charge is 0.304 e. The van der Waals surface area contributed by atoms with Crippen molar-refractivity contribution in [1.29, 1.82) is 0 Å². The van der Waals surface area contributed by atoms with Crippen molar-refractivity contribution in [3.8, 4) is 0 Å². The summed E-state index contributed by atoms with van der Waals surface area (Å²) in [5.41, 5.74) is -1.04. The number of rotatable bonds is 2. The van der Waals surface area contributed by atoms with Gasteiger partial charge < -0.3 is 4.74 Å². The standard InChI is InChI=1S/C8H13NO3/c1-7(10)12-8(9-11)5-3-2-4-6-8/h2-6H2,1H3. The first-order chi connectivity index (χ1) is 5.68. The van der Waals surface area contributed by atoms with Crippen molar-refractivity contribution >= 4 is 5.97 Å². The SMILES string of the molecule is CC(=O)OC1(N=O)CCCCC1. The summed E-state index contributed by atoms with van der Waals surface area (Å²) in [6, 6.07) is 0. The third-order valence-corrected chi connectivity index (χ3v) is 2.13. The van der Waals surface area contributed by atoms with Gasteiger partial charge in [-0.3, -0.25) is 4.79 Å². The Hall–Kier alpha value is -0.930. The molecule has 0 atom stereocenters. The Kier molecular flexibility index (Phi) is 2.78. The molecule has 0 aromatic carbocycles. The van der Waals surface area contributed by atoms with Gasteiger partial charge in [0.25, 0.3) is 0 Å². The van der Waals surface area contributed by atoms with Crippen molar-refractivity contribution in [2.45, 2.75) is 44.8 Å². The zero-order valence-corrected chi connectivity index (χ0v) is 7.21. The fraction of sp³-hybridized carbons (Fsp3) is 0.875. The Labute approximate surface area is 71.3 Å². The molecule has 1 aliphatic rings. The summed E-state index contributed by atoms with van der Waals surface area (Å²) in [7, 11) is 0. The molecule has 1 fully saturated rings. The quantitative estimate of drug-likeness (QED) is 0.471. The van der Waals surface area contributed by atoms with Crippen LogP contribution >= 0.6 is 0 Å². The number of ether oxygens (including phenoxy) is 1. The molecular formula is C8H13NO3. The first-order valence-electron chi connectivity index (χ1n) is 4.23. The van der Waals surface area contributed by atoms with Gasteiger partial charge in [-0.05, 0) is 18.0 Å². The lowest BCUT2D eigenvalue weighted by atomic mass is 9.92. The van der Waals surface area contributed by atoms with Gasteiger partial charge in [0.05, 0.1) is 0 Å². The molecule has 0 unspecified atom stereocenters. The summed E-state index contributed by atoms with van der Waals surface area (Å²) in [6.07, 6.45) is 4.09. The first-order valence-corrected chi connectivity index (χ1v) is 4.23. The molecule has 0 N–H and O–H groups in total. The summed E-state index contributed by atoms with van der Waals surface area (Å²) in [4.78, 5) is 21.1. The summed E-state index contributed by atoms with van der Waals surface area (Å²) in [5.74, 6) is -0.420. The van der Waals surface area contributed by atoms with E-state index >= 15 is 0 Å². The molecule has 1 rings (SSSR count). The predicted octanol–water partition coefficient (Wildman–Crippen LogP) is 1.98. The molecule has 0 saturated heterocycles. The number of nitrogens with zero attached hydrogens (tertiary/aromatic N) is 1. The number of nitroso groups, excluding NO2 is 1. The molecule has 0 radical (unpaired) electrons. The van der Waals surface area contributed by atoms with E-state index in [1.54, 1.807) is 0 Å². The van der Waals surface area contributed by atoms with E-state index < -0.39 is 11.7 Å². The van der Waals surface area contributed by atoms with Gasteiger partial charge in [0.2, 0.25) is 5.72 Å². The van der Waals surface area contributed by atoms with Gasteiger partial charge in [0.15, 0.2) is 0 Å². The van der Waals surface area contributed by atoms with Crippen molar-refractivity contribution in [2.24, 2.45) is 5.18 Å². The van der Waals surface area contributed by atoms with Crippen LogP contribution in [0.15, 0.2) is 5.18 Å². The number of hydrogen-bond donors (Lipinski definition) is 0. The van der Waals surface area contributed by atoms with Crippen LogP contribution in [0.1, 0.15) is 39.0 Å². The Bertz CT molecular complexity index is 185. The van der Waals surface area contributed by atoms with E-state index in [0.717, 1.165) is 19.3 Å². The zero-order valence-electron chi connectivity index (χ0n) is 7.21. The predicted molar refractivity (Wildman–Crippen MR) is 43.4 cm³/mol. The topological polar surface area (TPSA) is 55.7 Å². The van der Waals surface area contributed by atoms with Crippen molar-refractivity contribution < 1.29 is 9.53 Å². The molecule has 0 aromatic heterocycles. The number of carbonyl (C=O) groups is 1. The van der Waals surface area contributed by atoms with Gasteiger partial charge in [-0.1, -0.05) is 6.42 Å². The van der Waals surface area contributed by atoms with Crippen LogP contribution in [-0.2, 0) is 9.53 Å². The van der Waals surface area contributed by atoms with Gasteiger partial charge in [-0.25, -0.2) is 0 Å². The van der Waals surface area contributed by atoms with E-state index in [1.807, 2.05) is 0 Å². The fourth-order valence-corrected chi connectivity index (χ4v) is 1.58. The minimum absolute atomic E-state index is 0.420. The first kappa shape index (κ1) is 9.16. The van der Waals surface area contributed by atoms with Gasteiger partial charge in [-0.15, -0.1) is 4.91 Å². The van der Waals surface area contributed by atoms with Gasteiger partial charge in [0, 0.05) is 19.8 Å². The molecule has 0 spiro atoms. The third-order valence-electron chi connectivity index (χ3n) is 2.13. The molecule has 0 amide bonds. The Morgan fingerprint density at radius 2 is 1.92 bits per heavy atom. The van der Waals surface area contributed by atoms with E-state index in [2.05, 4.69) is 5.18 Å². The van der Waals surface area contributed by atoms with Crippen LogP contribution in [0, 0.1) is 4.91 Å². The number of hydrogen-bond acceptors (Lipinski definition) is 4. The largest absolute Gasteiger partial charge is 0.434 e. The zero-order chi connectivity index (χ0) is 9.03. The Morgan fingerprint density at radius 1 is 1.33 bits per heavy atom. The molecule has 0 heterocycles. The molecule has 0 bridgehead atoms. The normalized spacial score (nSPS) is 21.4. The second-order valence-corrected chi connectivity index (χ2v) is 3.19. The number of esters is 1. The summed E-state index contributed by atoms with van der Waals surface area (Å²) >= 11 is 0. The Morgan fingerprint density at radius 3 is 2.33 bits per heavy atom. The van der Waals surface area contributed by atoms with Crippen molar-refractivity contribution in [3.63, 3.8) is 0 Å². The summed E-state index contributed by atoms with van der Waals surface area (Å²) in [6.45, 7) is 1.31. The molecule has 68 valence electrons. The van der Waals surface area contributed by atoms with Gasteiger partial charge in [0.1, 0.15) is 0 Å². The third kappa shape index (κ3) is 2.03. The average Bonchev–Trinajstić information content (AvgIpc) is 2.05. The molecular weight excluding hydrogens is 158 g/mol. The second-order valence-electron chi connectivity index (χ2n) is 3.19. The monoisotopic (exact) mass is 171 g/mol. The summed E-state index contributed by atoms with van der Waals surface area (Å²) in [5, 5.41) is 2.93. The molecule has 0 aliphatic heterocycles. The average molecular weight is 171 g/mol. The highest BCUT2D eigenvalue weighted by molar-refractivity contribution is 5.66. The van der Waals surface area contributed by atoms with Gasteiger partial charge >= 0.3 is 5.97 Å². The maximum Gasteiger partial charge on any atom is 0.304 e. The van der Waals surface area contributed by atoms with E-state index in [1.165, 1.54) is 6.92 Å². The maximum absolute atomic E-state index is 10.7. The minimum Gasteiger partial charge on any atom is -0.434 e. The van der Waals surface area contributed by atoms with E-state index in [9.17, 15) is 9.70 Å². The fourth-order valence-electron chi connectivity index (χ4n) is 1.58. The van der Waals surface area contributed by atoms with Crippen LogP contribution in [0.5, 0.6) is 0 Å². The lowest BCUT2D eigenvalue weighted by Gasteiger charge is -2.29. The minimum atomic E-state index is -1.04. The van der Waals surface area contributed by atoms with E-state index in [4.69, 9.17) is 4.74 Å². The summed E-state index contributed by atoms with van der Waals surface area (Å²) < 4.78 is 4.91. The molecule has 12 heavy (non-hydrogen) atoms. The van der Waals surface area contributed by atoms with Crippen molar-refractivity contribution in [1.82, 2.24) is 0 Å². The second kappa shape index (κ2) is 3.65. The van der Waals surface area contributed by atoms with Gasteiger partial charge in [-0.2, -0.15) is 0 Å². The highest BCUT2D eigenvalue weighted by Crippen LogP contribution is 2.32. The Balaban J connectivity index is 2.59.